The molecule has 156 valence electrons. The van der Waals surface area contributed by atoms with Gasteiger partial charge in [0.15, 0.2) is 5.78 Å². The molecule has 1 atom stereocenters. The number of para-hydroxylation sites is 1. The zero-order valence-electron chi connectivity index (χ0n) is 17.3. The summed E-state index contributed by atoms with van der Waals surface area (Å²) in [7, 11) is 0. The lowest BCUT2D eigenvalue weighted by atomic mass is 10.1. The summed E-state index contributed by atoms with van der Waals surface area (Å²) in [5, 5.41) is 4.09. The first-order valence-electron chi connectivity index (χ1n) is 10.2. The van der Waals surface area contributed by atoms with Crippen LogP contribution in [-0.4, -0.2) is 58.7 Å². The van der Waals surface area contributed by atoms with E-state index in [9.17, 15) is 9.59 Å². The van der Waals surface area contributed by atoms with Crippen molar-refractivity contribution in [2.75, 3.05) is 31.5 Å². The highest BCUT2D eigenvalue weighted by atomic mass is 32.1. The molecule has 1 fully saturated rings. The summed E-state index contributed by atoms with van der Waals surface area (Å²) < 4.78 is 1.23. The number of benzene rings is 2. The lowest BCUT2D eigenvalue weighted by molar-refractivity contribution is -0.121. The fourth-order valence-electron chi connectivity index (χ4n) is 3.72. The quantitative estimate of drug-likeness (QED) is 0.615. The molecule has 2 aromatic carbocycles. The van der Waals surface area contributed by atoms with Crippen molar-refractivity contribution in [3.05, 3.63) is 59.1 Å². The first kappa shape index (κ1) is 20.7. The van der Waals surface area contributed by atoms with Crippen LogP contribution in [0.15, 0.2) is 48.5 Å². The number of anilines is 1. The van der Waals surface area contributed by atoms with Crippen molar-refractivity contribution in [3.63, 3.8) is 0 Å². The van der Waals surface area contributed by atoms with Gasteiger partial charge in [-0.1, -0.05) is 24.3 Å². The zero-order chi connectivity index (χ0) is 21.1. The minimum Gasteiger partial charge on any atom is -0.325 e. The monoisotopic (exact) mass is 422 g/mol. The highest BCUT2D eigenvalue weighted by Gasteiger charge is 2.26. The highest BCUT2D eigenvalue weighted by Crippen LogP contribution is 2.23. The Balaban J connectivity index is 1.30. The number of ketones is 1. The Morgan fingerprint density at radius 2 is 1.87 bits per heavy atom. The number of nitrogens with zero attached hydrogens (tertiary/aromatic N) is 3. The van der Waals surface area contributed by atoms with Gasteiger partial charge in [0.1, 0.15) is 5.01 Å². The summed E-state index contributed by atoms with van der Waals surface area (Å²) in [4.78, 5) is 33.6. The number of thiazole rings is 1. The predicted molar refractivity (Wildman–Crippen MR) is 121 cm³/mol. The van der Waals surface area contributed by atoms with Gasteiger partial charge in [-0.05, 0) is 38.1 Å². The topological polar surface area (TPSA) is 65.5 Å². The Labute approximate surface area is 180 Å². The van der Waals surface area contributed by atoms with E-state index in [0.717, 1.165) is 43.2 Å². The molecule has 1 aliphatic heterocycles. The number of piperazine rings is 1. The first-order valence-corrected chi connectivity index (χ1v) is 11.0. The maximum Gasteiger partial charge on any atom is 0.241 e. The molecule has 0 spiro atoms. The number of nitrogens with one attached hydrogen (secondary N) is 1. The van der Waals surface area contributed by atoms with Crippen LogP contribution in [0.1, 0.15) is 29.2 Å². The van der Waals surface area contributed by atoms with Crippen molar-refractivity contribution >= 4 is 38.9 Å². The summed E-state index contributed by atoms with van der Waals surface area (Å²) in [5.74, 6) is -0.0567. The first-order chi connectivity index (χ1) is 14.5. The van der Waals surface area contributed by atoms with Gasteiger partial charge in [0.2, 0.25) is 5.91 Å². The molecule has 0 bridgehead atoms. The van der Waals surface area contributed by atoms with E-state index >= 15 is 0 Å². The molecule has 1 amide bonds. The largest absolute Gasteiger partial charge is 0.325 e. The molecule has 1 aromatic heterocycles. The Morgan fingerprint density at radius 1 is 1.10 bits per heavy atom. The van der Waals surface area contributed by atoms with E-state index in [1.807, 2.05) is 25.1 Å². The molecule has 4 rings (SSSR count). The molecular formula is C23H26N4O2S. The Kier molecular flexibility index (Phi) is 6.22. The van der Waals surface area contributed by atoms with Crippen LogP contribution in [0.4, 0.5) is 5.69 Å². The van der Waals surface area contributed by atoms with Crippen molar-refractivity contribution in [2.24, 2.45) is 0 Å². The lowest BCUT2D eigenvalue weighted by Gasteiger charge is -2.37. The number of Topliss-reactive ketones (excluding diaryl/α,β-unsaturated/α-hetero) is 1. The fraction of sp³-hybridized carbons (Fsp3) is 0.348. The van der Waals surface area contributed by atoms with Gasteiger partial charge in [-0.25, -0.2) is 4.98 Å². The van der Waals surface area contributed by atoms with Gasteiger partial charge in [0.25, 0.3) is 0 Å². The number of carbonyl (C=O) groups is 2. The van der Waals surface area contributed by atoms with E-state index in [1.54, 1.807) is 29.5 Å². The van der Waals surface area contributed by atoms with Crippen LogP contribution in [0.25, 0.3) is 10.2 Å². The number of carbonyl (C=O) groups excluding carboxylic acids is 2. The summed E-state index contributed by atoms with van der Waals surface area (Å²) in [6, 6.07) is 15.1. The summed E-state index contributed by atoms with van der Waals surface area (Å²) in [6.07, 6.45) is 0. The van der Waals surface area contributed by atoms with Crippen molar-refractivity contribution in [2.45, 2.75) is 26.4 Å². The summed E-state index contributed by atoms with van der Waals surface area (Å²) in [5.41, 5.74) is 2.33. The Bertz CT molecular complexity index is 1020. The molecule has 0 saturated carbocycles. The summed E-state index contributed by atoms with van der Waals surface area (Å²) >= 11 is 1.75. The van der Waals surface area contributed by atoms with Gasteiger partial charge in [-0.2, -0.15) is 0 Å². The molecule has 1 N–H and O–H groups in total. The molecule has 1 aliphatic rings. The van der Waals surface area contributed by atoms with E-state index in [-0.39, 0.29) is 17.7 Å². The average molecular weight is 423 g/mol. The maximum atomic E-state index is 12.7. The second-order valence-electron chi connectivity index (χ2n) is 7.69. The lowest BCUT2D eigenvalue weighted by Crippen LogP contribution is -2.52. The van der Waals surface area contributed by atoms with E-state index in [2.05, 4.69) is 27.2 Å². The third-order valence-electron chi connectivity index (χ3n) is 5.57. The maximum absolute atomic E-state index is 12.7. The van der Waals surface area contributed by atoms with Gasteiger partial charge in [-0.15, -0.1) is 11.3 Å². The van der Waals surface area contributed by atoms with Gasteiger partial charge in [0.05, 0.1) is 22.8 Å². The molecule has 0 unspecified atom stereocenters. The van der Waals surface area contributed by atoms with Crippen LogP contribution in [-0.2, 0) is 11.3 Å². The number of hydrogen-bond donors (Lipinski definition) is 1. The zero-order valence-corrected chi connectivity index (χ0v) is 18.1. The fourth-order valence-corrected chi connectivity index (χ4v) is 4.73. The second-order valence-corrected chi connectivity index (χ2v) is 8.80. The molecule has 0 aliphatic carbocycles. The number of hydrogen-bond acceptors (Lipinski definition) is 6. The van der Waals surface area contributed by atoms with Crippen LogP contribution in [0, 0.1) is 0 Å². The number of rotatable bonds is 6. The number of aromatic nitrogens is 1. The van der Waals surface area contributed by atoms with Crippen LogP contribution < -0.4 is 5.32 Å². The Morgan fingerprint density at radius 3 is 2.60 bits per heavy atom. The molecule has 2 heterocycles. The molecule has 0 radical (unpaired) electrons. The van der Waals surface area contributed by atoms with E-state index < -0.39 is 0 Å². The van der Waals surface area contributed by atoms with Crippen LogP contribution in [0.2, 0.25) is 0 Å². The van der Waals surface area contributed by atoms with E-state index in [0.29, 0.717) is 11.3 Å². The normalized spacial score (nSPS) is 16.5. The van der Waals surface area contributed by atoms with Gasteiger partial charge >= 0.3 is 0 Å². The standard InChI is InChI=1S/C23H26N4O2S/c1-16(23(29)24-19-7-5-6-18(14-19)17(2)28)27-12-10-26(11-13-27)15-22-25-20-8-3-4-9-21(20)30-22/h3-9,14,16H,10-13,15H2,1-2H3,(H,24,29)/t16-/m0/s1. The van der Waals surface area contributed by atoms with E-state index in [4.69, 9.17) is 4.98 Å². The molecule has 30 heavy (non-hydrogen) atoms. The van der Waals surface area contributed by atoms with Crippen molar-refractivity contribution in [1.29, 1.82) is 0 Å². The third-order valence-corrected chi connectivity index (χ3v) is 6.59. The Hall–Kier alpha value is -2.61. The SMILES string of the molecule is CC(=O)c1cccc(NC(=O)[C@H](C)N2CCN(Cc3nc4ccccc4s3)CC2)c1. The number of fused-ring (bicyclic) bond motifs is 1. The van der Waals surface area contributed by atoms with Crippen LogP contribution in [0.5, 0.6) is 0 Å². The molecule has 1 saturated heterocycles. The summed E-state index contributed by atoms with van der Waals surface area (Å²) in [6.45, 7) is 7.82. The molecule has 3 aromatic rings. The molecule has 6 nitrogen and oxygen atoms in total. The predicted octanol–water partition coefficient (Wildman–Crippen LogP) is 3.64. The van der Waals surface area contributed by atoms with Crippen LogP contribution >= 0.6 is 11.3 Å². The highest BCUT2D eigenvalue weighted by molar-refractivity contribution is 7.18. The third kappa shape index (κ3) is 4.75. The van der Waals surface area contributed by atoms with Crippen molar-refractivity contribution in [1.82, 2.24) is 14.8 Å². The minimum atomic E-state index is -0.226. The minimum absolute atomic E-state index is 0.0107. The van der Waals surface area contributed by atoms with Crippen LogP contribution in [0.3, 0.4) is 0 Å². The average Bonchev–Trinajstić information content (AvgIpc) is 3.16. The molecular weight excluding hydrogens is 396 g/mol. The van der Waals surface area contributed by atoms with Gasteiger partial charge in [0, 0.05) is 37.4 Å². The van der Waals surface area contributed by atoms with Crippen molar-refractivity contribution < 1.29 is 9.59 Å². The van der Waals surface area contributed by atoms with Gasteiger partial charge < -0.3 is 5.32 Å². The molecule has 7 heteroatoms. The van der Waals surface area contributed by atoms with E-state index in [1.165, 1.54) is 11.6 Å². The van der Waals surface area contributed by atoms with Crippen molar-refractivity contribution in [3.8, 4) is 0 Å². The number of amides is 1. The van der Waals surface area contributed by atoms with Gasteiger partial charge in [-0.3, -0.25) is 19.4 Å². The second kappa shape index (κ2) is 9.04. The smallest absolute Gasteiger partial charge is 0.241 e.